The lowest BCUT2D eigenvalue weighted by molar-refractivity contribution is 0.562. The molecule has 0 spiro atoms. The molecule has 0 amide bonds. The maximum atomic E-state index is 10.6. The van der Waals surface area contributed by atoms with Crippen LogP contribution in [-0.4, -0.2) is 15.8 Å². The van der Waals surface area contributed by atoms with Gasteiger partial charge in [0, 0.05) is 7.05 Å². The molecule has 4 nitrogen and oxygen atoms in total. The highest BCUT2D eigenvalue weighted by Crippen LogP contribution is 2.21. The van der Waals surface area contributed by atoms with Crippen LogP contribution in [0.25, 0.3) is 0 Å². The van der Waals surface area contributed by atoms with E-state index in [9.17, 15) is 4.21 Å². The third kappa shape index (κ3) is 1.75. The summed E-state index contributed by atoms with van der Waals surface area (Å²) >= 11 is -2.02. The summed E-state index contributed by atoms with van der Waals surface area (Å²) in [5.41, 5.74) is 6.61. The van der Waals surface area contributed by atoms with Crippen molar-refractivity contribution >= 4 is 22.6 Å². The van der Waals surface area contributed by atoms with Crippen LogP contribution >= 0.6 is 0 Å². The minimum Gasteiger partial charge on any atom is -0.397 e. The molecule has 0 fully saturated rings. The highest BCUT2D eigenvalue weighted by molar-refractivity contribution is 7.80. The third-order valence-corrected chi connectivity index (χ3v) is 2.18. The Morgan fingerprint density at radius 2 is 2.08 bits per heavy atom. The Morgan fingerprint density at radius 1 is 1.50 bits per heavy atom. The van der Waals surface area contributed by atoms with Gasteiger partial charge < -0.3 is 5.73 Å². The van der Waals surface area contributed by atoms with Gasteiger partial charge in [0.2, 0.25) is 0 Å². The van der Waals surface area contributed by atoms with Crippen molar-refractivity contribution < 1.29 is 8.76 Å². The quantitative estimate of drug-likeness (QED) is 0.531. The lowest BCUT2D eigenvalue weighted by Gasteiger charge is -2.15. The number of hydrogen-bond acceptors (Lipinski definition) is 2. The van der Waals surface area contributed by atoms with Crippen LogP contribution in [0.15, 0.2) is 24.3 Å². The van der Waals surface area contributed by atoms with Gasteiger partial charge in [-0.2, -0.15) is 0 Å². The fourth-order valence-corrected chi connectivity index (χ4v) is 1.19. The minimum atomic E-state index is -2.02. The standard InChI is InChI=1S/C7H10N2O2S/c1-9(12(10)11)7-5-3-2-4-6(7)8/h2-5H,8H2,1H3,(H,10,11). The molecule has 0 aromatic heterocycles. The van der Waals surface area contributed by atoms with Gasteiger partial charge in [0.15, 0.2) is 0 Å². The van der Waals surface area contributed by atoms with Gasteiger partial charge in [0.25, 0.3) is 11.3 Å². The van der Waals surface area contributed by atoms with Crippen LogP contribution in [0.2, 0.25) is 0 Å². The molecule has 1 unspecified atom stereocenters. The zero-order valence-corrected chi connectivity index (χ0v) is 7.41. The summed E-state index contributed by atoms with van der Waals surface area (Å²) in [6.07, 6.45) is 0. The summed E-state index contributed by atoms with van der Waals surface area (Å²) < 4.78 is 20.6. The first-order chi connectivity index (χ1) is 5.63. The van der Waals surface area contributed by atoms with E-state index in [4.69, 9.17) is 10.3 Å². The Hall–Kier alpha value is -1.07. The Balaban J connectivity index is 3.02. The van der Waals surface area contributed by atoms with E-state index in [0.717, 1.165) is 0 Å². The van der Waals surface area contributed by atoms with Crippen LogP contribution in [0.5, 0.6) is 0 Å². The molecule has 0 aliphatic rings. The maximum Gasteiger partial charge on any atom is 0.261 e. The van der Waals surface area contributed by atoms with E-state index >= 15 is 0 Å². The normalized spacial score (nSPS) is 12.5. The van der Waals surface area contributed by atoms with Gasteiger partial charge in [0.05, 0.1) is 11.4 Å². The third-order valence-electron chi connectivity index (χ3n) is 1.51. The molecule has 0 saturated heterocycles. The molecule has 0 heterocycles. The maximum absolute atomic E-state index is 10.6. The summed E-state index contributed by atoms with van der Waals surface area (Å²) in [6.45, 7) is 0. The van der Waals surface area contributed by atoms with Gasteiger partial charge in [-0.05, 0) is 12.1 Å². The van der Waals surface area contributed by atoms with Crippen molar-refractivity contribution in [1.29, 1.82) is 0 Å². The van der Waals surface area contributed by atoms with Gasteiger partial charge >= 0.3 is 0 Å². The van der Waals surface area contributed by atoms with Crippen LogP contribution < -0.4 is 10.0 Å². The zero-order valence-electron chi connectivity index (χ0n) is 6.60. The molecule has 1 aromatic carbocycles. The van der Waals surface area contributed by atoms with Crippen LogP contribution in [0.3, 0.4) is 0 Å². The second kappa shape index (κ2) is 3.55. The van der Waals surface area contributed by atoms with Gasteiger partial charge in [-0.1, -0.05) is 12.1 Å². The summed E-state index contributed by atoms with van der Waals surface area (Å²) in [6, 6.07) is 6.89. The van der Waals surface area contributed by atoms with Crippen molar-refractivity contribution in [1.82, 2.24) is 0 Å². The van der Waals surface area contributed by atoms with Gasteiger partial charge in [-0.3, -0.25) is 8.86 Å². The van der Waals surface area contributed by atoms with Crippen molar-refractivity contribution in [2.24, 2.45) is 0 Å². The number of anilines is 2. The number of rotatable bonds is 2. The Labute approximate surface area is 73.4 Å². The van der Waals surface area contributed by atoms with Crippen molar-refractivity contribution in [3.8, 4) is 0 Å². The molecule has 66 valence electrons. The van der Waals surface area contributed by atoms with Crippen LogP contribution in [-0.2, 0) is 11.3 Å². The van der Waals surface area contributed by atoms with E-state index in [2.05, 4.69) is 0 Å². The second-order valence-electron chi connectivity index (χ2n) is 2.29. The molecule has 5 heteroatoms. The predicted octanol–water partition coefficient (Wildman–Crippen LogP) is 0.842. The fourth-order valence-electron chi connectivity index (χ4n) is 0.858. The molecular formula is C7H10N2O2S. The minimum absolute atomic E-state index is 0.488. The number of nitrogens with two attached hydrogens (primary N) is 1. The average Bonchev–Trinajstić information content (AvgIpc) is 2.04. The number of para-hydroxylation sites is 2. The largest absolute Gasteiger partial charge is 0.397 e. The number of nitrogen functional groups attached to an aromatic ring is 1. The highest BCUT2D eigenvalue weighted by Gasteiger charge is 2.07. The first-order valence-electron chi connectivity index (χ1n) is 3.32. The number of nitrogens with zero attached hydrogens (tertiary/aromatic N) is 1. The predicted molar refractivity (Wildman–Crippen MR) is 50.0 cm³/mol. The monoisotopic (exact) mass is 186 g/mol. The van der Waals surface area contributed by atoms with Crippen LogP contribution in [0.1, 0.15) is 0 Å². The molecule has 0 bridgehead atoms. The van der Waals surface area contributed by atoms with E-state index in [0.29, 0.717) is 11.4 Å². The van der Waals surface area contributed by atoms with E-state index < -0.39 is 11.3 Å². The molecule has 3 N–H and O–H groups in total. The SMILES string of the molecule is CN(c1ccccc1N)S(=O)O. The molecule has 1 atom stereocenters. The molecule has 0 aliphatic carbocycles. The van der Waals surface area contributed by atoms with Crippen molar-refractivity contribution in [2.45, 2.75) is 0 Å². The van der Waals surface area contributed by atoms with Crippen molar-refractivity contribution in [3.05, 3.63) is 24.3 Å². The smallest absolute Gasteiger partial charge is 0.261 e. The van der Waals surface area contributed by atoms with E-state index in [1.165, 1.54) is 11.4 Å². The van der Waals surface area contributed by atoms with E-state index in [1.54, 1.807) is 24.3 Å². The first kappa shape index (κ1) is 9.02. The molecule has 1 aromatic rings. The second-order valence-corrected chi connectivity index (χ2v) is 3.30. The summed E-state index contributed by atoms with van der Waals surface area (Å²) in [7, 11) is 1.50. The lowest BCUT2D eigenvalue weighted by atomic mass is 10.3. The van der Waals surface area contributed by atoms with Gasteiger partial charge in [0.1, 0.15) is 0 Å². The highest BCUT2D eigenvalue weighted by atomic mass is 32.2. The van der Waals surface area contributed by atoms with Gasteiger partial charge in [-0.15, -0.1) is 0 Å². The van der Waals surface area contributed by atoms with Crippen molar-refractivity contribution in [2.75, 3.05) is 17.1 Å². The summed E-state index contributed by atoms with van der Waals surface area (Å²) in [4.78, 5) is 0. The Morgan fingerprint density at radius 3 is 2.58 bits per heavy atom. The van der Waals surface area contributed by atoms with Crippen molar-refractivity contribution in [3.63, 3.8) is 0 Å². The Kier molecular flexibility index (Phi) is 2.67. The number of benzene rings is 1. The van der Waals surface area contributed by atoms with E-state index in [1.807, 2.05) is 0 Å². The summed E-state index contributed by atoms with van der Waals surface area (Å²) in [5, 5.41) is 0. The average molecular weight is 186 g/mol. The molecular weight excluding hydrogens is 176 g/mol. The molecule has 0 radical (unpaired) electrons. The summed E-state index contributed by atoms with van der Waals surface area (Å²) in [5.74, 6) is 0. The first-order valence-corrected chi connectivity index (χ1v) is 4.38. The molecule has 12 heavy (non-hydrogen) atoms. The molecule has 1 rings (SSSR count). The van der Waals surface area contributed by atoms with E-state index in [-0.39, 0.29) is 0 Å². The van der Waals surface area contributed by atoms with Crippen LogP contribution in [0, 0.1) is 0 Å². The topological polar surface area (TPSA) is 66.6 Å². The zero-order chi connectivity index (χ0) is 9.14. The number of hydrogen-bond donors (Lipinski definition) is 2. The molecule has 0 saturated carbocycles. The Bertz CT molecular complexity index is 303. The lowest BCUT2D eigenvalue weighted by Crippen LogP contribution is -2.20. The fraction of sp³-hybridized carbons (Fsp3) is 0.143. The van der Waals surface area contributed by atoms with Gasteiger partial charge in [-0.25, -0.2) is 4.21 Å². The van der Waals surface area contributed by atoms with Crippen LogP contribution in [0.4, 0.5) is 11.4 Å². The molecule has 0 aliphatic heterocycles.